The Morgan fingerprint density at radius 2 is 1.76 bits per heavy atom. The van der Waals surface area contributed by atoms with E-state index in [0.717, 1.165) is 18.3 Å². The van der Waals surface area contributed by atoms with E-state index in [4.69, 9.17) is 5.73 Å². The highest BCUT2D eigenvalue weighted by molar-refractivity contribution is 5.19. The lowest BCUT2D eigenvalue weighted by molar-refractivity contribution is 0.377. The highest BCUT2D eigenvalue weighted by Gasteiger charge is 2.43. The fraction of sp³-hybridized carbons (Fsp3) is 0.500. The Bertz CT molecular complexity index is 584. The van der Waals surface area contributed by atoms with Gasteiger partial charge in [0.05, 0.1) is 18.1 Å². The van der Waals surface area contributed by atoms with Gasteiger partial charge in [0.15, 0.2) is 0 Å². The number of imidazole rings is 1. The Morgan fingerprint density at radius 3 is 2.38 bits per heavy atom. The lowest BCUT2D eigenvalue weighted by Gasteiger charge is -2.23. The van der Waals surface area contributed by atoms with E-state index in [2.05, 4.69) is 39.9 Å². The molecule has 3 nitrogen and oxygen atoms in total. The third kappa shape index (κ3) is 2.75. The summed E-state index contributed by atoms with van der Waals surface area (Å²) >= 11 is 0. The number of nitrogens with two attached hydrogens (primary N) is 1. The molecule has 0 aliphatic heterocycles. The third-order valence-corrected chi connectivity index (χ3v) is 4.91. The van der Waals surface area contributed by atoms with Gasteiger partial charge in [0.2, 0.25) is 0 Å². The van der Waals surface area contributed by atoms with Gasteiger partial charge < -0.3 is 10.3 Å². The van der Waals surface area contributed by atoms with Gasteiger partial charge in [0.1, 0.15) is 0 Å². The van der Waals surface area contributed by atoms with Crippen molar-refractivity contribution in [3.63, 3.8) is 0 Å². The fourth-order valence-electron chi connectivity index (χ4n) is 3.54. The molecule has 1 atom stereocenters. The lowest BCUT2D eigenvalue weighted by atomic mass is 10.0. The zero-order valence-electron chi connectivity index (χ0n) is 12.4. The second-order valence-electron chi connectivity index (χ2n) is 6.69. The van der Waals surface area contributed by atoms with E-state index in [1.165, 1.54) is 36.9 Å². The van der Waals surface area contributed by atoms with Crippen LogP contribution in [0.25, 0.3) is 0 Å². The average Bonchev–Trinajstić information content (AvgIpc) is 3.41. The smallest absolute Gasteiger partial charge is 0.0951 e. The standard InChI is InChI=1S/C18H23N3/c19-16(10-13-4-2-1-3-5-13)17-11-20-12-21(17)18(14-6-7-14)15-8-9-15/h1-5,11-12,14-16,18H,6-10,19H2/t16-/m1/s1. The minimum Gasteiger partial charge on any atom is -0.329 e. The van der Waals surface area contributed by atoms with Crippen LogP contribution in [0.15, 0.2) is 42.9 Å². The van der Waals surface area contributed by atoms with Crippen molar-refractivity contribution in [2.75, 3.05) is 0 Å². The predicted octanol–water partition coefficient (Wildman–Crippen LogP) is 3.49. The summed E-state index contributed by atoms with van der Waals surface area (Å²) in [6, 6.07) is 11.2. The highest BCUT2D eigenvalue weighted by atomic mass is 15.1. The second kappa shape index (κ2) is 5.30. The van der Waals surface area contributed by atoms with E-state index in [-0.39, 0.29) is 6.04 Å². The van der Waals surface area contributed by atoms with Crippen molar-refractivity contribution in [2.24, 2.45) is 17.6 Å². The number of aromatic nitrogens is 2. The molecular weight excluding hydrogens is 258 g/mol. The minimum absolute atomic E-state index is 0.0369. The van der Waals surface area contributed by atoms with E-state index in [1.54, 1.807) is 0 Å². The summed E-state index contributed by atoms with van der Waals surface area (Å²) in [4.78, 5) is 4.41. The monoisotopic (exact) mass is 281 g/mol. The quantitative estimate of drug-likeness (QED) is 0.881. The molecule has 0 unspecified atom stereocenters. The van der Waals surface area contributed by atoms with Crippen LogP contribution < -0.4 is 5.73 Å². The van der Waals surface area contributed by atoms with E-state index >= 15 is 0 Å². The van der Waals surface area contributed by atoms with Crippen molar-refractivity contribution in [1.82, 2.24) is 9.55 Å². The number of nitrogens with zero attached hydrogens (tertiary/aromatic N) is 2. The molecule has 0 amide bonds. The van der Waals surface area contributed by atoms with Crippen LogP contribution in [-0.2, 0) is 6.42 Å². The first kappa shape index (κ1) is 13.1. The first-order valence-electron chi connectivity index (χ1n) is 8.14. The molecule has 2 aromatic rings. The second-order valence-corrected chi connectivity index (χ2v) is 6.69. The molecule has 2 N–H and O–H groups in total. The Kier molecular flexibility index (Phi) is 3.30. The maximum atomic E-state index is 6.49. The van der Waals surface area contributed by atoms with Crippen molar-refractivity contribution < 1.29 is 0 Å². The van der Waals surface area contributed by atoms with Crippen LogP contribution in [-0.4, -0.2) is 9.55 Å². The minimum atomic E-state index is 0.0369. The summed E-state index contributed by atoms with van der Waals surface area (Å²) < 4.78 is 2.41. The summed E-state index contributed by atoms with van der Waals surface area (Å²) in [5, 5.41) is 0. The van der Waals surface area contributed by atoms with Crippen molar-refractivity contribution in [2.45, 2.75) is 44.2 Å². The van der Waals surface area contributed by atoms with Gasteiger partial charge >= 0.3 is 0 Å². The van der Waals surface area contributed by atoms with Crippen LogP contribution in [0.1, 0.15) is 49.0 Å². The Morgan fingerprint density at radius 1 is 1.10 bits per heavy atom. The Balaban J connectivity index is 1.56. The highest BCUT2D eigenvalue weighted by Crippen LogP contribution is 2.52. The number of hydrogen-bond acceptors (Lipinski definition) is 2. The summed E-state index contributed by atoms with van der Waals surface area (Å²) in [6.07, 6.45) is 10.4. The maximum Gasteiger partial charge on any atom is 0.0951 e. The molecule has 1 heterocycles. The largest absolute Gasteiger partial charge is 0.329 e. The van der Waals surface area contributed by atoms with Gasteiger partial charge in [0, 0.05) is 12.2 Å². The normalized spacial score (nSPS) is 19.9. The van der Waals surface area contributed by atoms with Gasteiger partial charge in [-0.15, -0.1) is 0 Å². The lowest BCUT2D eigenvalue weighted by Crippen LogP contribution is -2.22. The number of hydrogen-bond donors (Lipinski definition) is 1. The zero-order chi connectivity index (χ0) is 14.2. The van der Waals surface area contributed by atoms with E-state index < -0.39 is 0 Å². The molecule has 2 aliphatic rings. The van der Waals surface area contributed by atoms with Crippen molar-refractivity contribution >= 4 is 0 Å². The van der Waals surface area contributed by atoms with Crippen molar-refractivity contribution in [3.05, 3.63) is 54.1 Å². The first-order valence-corrected chi connectivity index (χ1v) is 8.14. The van der Waals surface area contributed by atoms with Crippen molar-refractivity contribution in [1.29, 1.82) is 0 Å². The molecule has 2 saturated carbocycles. The van der Waals surface area contributed by atoms with E-state index in [1.807, 2.05) is 12.5 Å². The van der Waals surface area contributed by atoms with Crippen LogP contribution in [0.3, 0.4) is 0 Å². The number of rotatable bonds is 6. The third-order valence-electron chi connectivity index (χ3n) is 4.91. The van der Waals surface area contributed by atoms with E-state index in [0.29, 0.717) is 6.04 Å². The first-order chi connectivity index (χ1) is 10.3. The van der Waals surface area contributed by atoms with Gasteiger partial charge in [-0.2, -0.15) is 0 Å². The summed E-state index contributed by atoms with van der Waals surface area (Å²) in [5.41, 5.74) is 9.00. The Hall–Kier alpha value is -1.61. The van der Waals surface area contributed by atoms with Crippen LogP contribution in [0, 0.1) is 11.8 Å². The van der Waals surface area contributed by atoms with Crippen LogP contribution in [0.4, 0.5) is 0 Å². The summed E-state index contributed by atoms with van der Waals surface area (Å²) in [7, 11) is 0. The molecule has 1 aromatic carbocycles. The Labute approximate surface area is 126 Å². The molecule has 0 bridgehead atoms. The van der Waals surface area contributed by atoms with Gasteiger partial charge in [0.25, 0.3) is 0 Å². The zero-order valence-corrected chi connectivity index (χ0v) is 12.4. The molecule has 3 heteroatoms. The van der Waals surface area contributed by atoms with E-state index in [9.17, 15) is 0 Å². The number of benzene rings is 1. The van der Waals surface area contributed by atoms with Crippen LogP contribution >= 0.6 is 0 Å². The molecule has 2 aliphatic carbocycles. The molecule has 110 valence electrons. The molecule has 21 heavy (non-hydrogen) atoms. The summed E-state index contributed by atoms with van der Waals surface area (Å²) in [6.45, 7) is 0. The van der Waals surface area contributed by atoms with Gasteiger partial charge in [-0.05, 0) is 49.5 Å². The topological polar surface area (TPSA) is 43.8 Å². The molecule has 0 saturated heterocycles. The molecular formula is C18H23N3. The molecule has 2 fully saturated rings. The van der Waals surface area contributed by atoms with Crippen LogP contribution in [0.2, 0.25) is 0 Å². The van der Waals surface area contributed by atoms with Crippen molar-refractivity contribution in [3.8, 4) is 0 Å². The van der Waals surface area contributed by atoms with Gasteiger partial charge in [-0.25, -0.2) is 4.98 Å². The molecule has 4 rings (SSSR count). The van der Waals surface area contributed by atoms with Gasteiger partial charge in [-0.1, -0.05) is 30.3 Å². The fourth-order valence-corrected chi connectivity index (χ4v) is 3.54. The molecule has 0 spiro atoms. The molecule has 1 aromatic heterocycles. The van der Waals surface area contributed by atoms with Crippen LogP contribution in [0.5, 0.6) is 0 Å². The summed E-state index contributed by atoms with van der Waals surface area (Å²) in [5.74, 6) is 1.74. The SMILES string of the molecule is N[C@H](Cc1ccccc1)c1cncn1C(C1CC1)C1CC1. The van der Waals surface area contributed by atoms with Gasteiger partial charge in [-0.3, -0.25) is 0 Å². The maximum absolute atomic E-state index is 6.49. The average molecular weight is 281 g/mol. The molecule has 0 radical (unpaired) electrons. The predicted molar refractivity (Wildman–Crippen MR) is 83.8 cm³/mol.